The largest absolute Gasteiger partial charge is 0.496 e. The van der Waals surface area contributed by atoms with Crippen LogP contribution in [-0.4, -0.2) is 12.8 Å². The zero-order valence-electron chi connectivity index (χ0n) is 13.7. The molecule has 0 amide bonds. The molecule has 3 aromatic rings. The number of nitrogens with zero attached hydrogens (tertiary/aromatic N) is 2. The normalized spacial score (nSPS) is 16.8. The fourth-order valence-electron chi connectivity index (χ4n) is 3.12. The lowest BCUT2D eigenvalue weighted by Crippen LogP contribution is -2.19. The van der Waals surface area contributed by atoms with Crippen molar-refractivity contribution in [2.75, 3.05) is 12.1 Å². The van der Waals surface area contributed by atoms with Gasteiger partial charge < -0.3 is 4.74 Å². The van der Waals surface area contributed by atoms with E-state index in [0.29, 0.717) is 0 Å². The number of hydrogen-bond donors (Lipinski definition) is 0. The van der Waals surface area contributed by atoms with Gasteiger partial charge in [0.1, 0.15) is 5.75 Å². The number of ether oxygens (including phenoxy) is 1. The molecule has 0 N–H and O–H groups in total. The number of thiophene rings is 1. The van der Waals surface area contributed by atoms with Crippen molar-refractivity contribution < 1.29 is 4.74 Å². The molecule has 0 saturated heterocycles. The number of hydrogen-bond acceptors (Lipinski definition) is 4. The molecular weight excluding hydrogens is 396 g/mol. The van der Waals surface area contributed by atoms with Crippen LogP contribution in [-0.2, 0) is 0 Å². The lowest BCUT2D eigenvalue weighted by Gasteiger charge is -2.25. The Morgan fingerprint density at radius 3 is 2.60 bits per heavy atom. The van der Waals surface area contributed by atoms with E-state index in [2.05, 4.69) is 62.7 Å². The topological polar surface area (TPSA) is 24.8 Å². The quantitative estimate of drug-likeness (QED) is 0.534. The monoisotopic (exact) mass is 412 g/mol. The summed E-state index contributed by atoms with van der Waals surface area (Å²) in [4.78, 5) is 1.22. The van der Waals surface area contributed by atoms with E-state index in [1.54, 1.807) is 18.4 Å². The van der Waals surface area contributed by atoms with Crippen molar-refractivity contribution in [1.29, 1.82) is 0 Å². The Hall–Kier alpha value is -2.11. The van der Waals surface area contributed by atoms with Gasteiger partial charge in [0.05, 0.1) is 29.4 Å². The summed E-state index contributed by atoms with van der Waals surface area (Å²) in [5.41, 5.74) is 3.35. The molecule has 0 spiro atoms. The highest BCUT2D eigenvalue weighted by molar-refractivity contribution is 9.10. The maximum absolute atomic E-state index is 5.60. The standard InChI is InChI=1S/C20H17BrN2OS/c1-24-19-6-3-2-5-16(19)18-13-17(20-7-4-12-25-20)22-23(18)15-10-8-14(21)9-11-15/h2-12,18H,13H2,1H3/t18-/m0/s1. The molecule has 1 atom stereocenters. The second kappa shape index (κ2) is 7.02. The van der Waals surface area contributed by atoms with Crippen molar-refractivity contribution in [3.8, 4) is 5.75 Å². The molecule has 25 heavy (non-hydrogen) atoms. The first kappa shape index (κ1) is 16.4. The van der Waals surface area contributed by atoms with Crippen molar-refractivity contribution >= 4 is 38.7 Å². The molecule has 0 saturated carbocycles. The molecule has 126 valence electrons. The Morgan fingerprint density at radius 1 is 1.08 bits per heavy atom. The molecule has 1 aromatic heterocycles. The number of hydrazone groups is 1. The van der Waals surface area contributed by atoms with Gasteiger partial charge in [-0.25, -0.2) is 0 Å². The molecule has 0 fully saturated rings. The molecule has 1 aliphatic heterocycles. The molecular formula is C20H17BrN2OS. The van der Waals surface area contributed by atoms with Gasteiger partial charge in [-0.1, -0.05) is 40.2 Å². The third kappa shape index (κ3) is 3.22. The molecule has 0 bridgehead atoms. The van der Waals surface area contributed by atoms with Gasteiger partial charge in [-0.15, -0.1) is 11.3 Å². The van der Waals surface area contributed by atoms with E-state index in [0.717, 1.165) is 33.6 Å². The molecule has 1 aliphatic rings. The number of para-hydroxylation sites is 1. The number of benzene rings is 2. The van der Waals surface area contributed by atoms with E-state index in [1.807, 2.05) is 24.3 Å². The van der Waals surface area contributed by atoms with Crippen LogP contribution in [0.25, 0.3) is 0 Å². The van der Waals surface area contributed by atoms with Crippen LogP contribution >= 0.6 is 27.3 Å². The van der Waals surface area contributed by atoms with Crippen LogP contribution in [0.1, 0.15) is 22.9 Å². The maximum atomic E-state index is 5.60. The van der Waals surface area contributed by atoms with Crippen LogP contribution in [0.3, 0.4) is 0 Å². The molecule has 4 rings (SSSR count). The predicted octanol–water partition coefficient (Wildman–Crippen LogP) is 5.87. The summed E-state index contributed by atoms with van der Waals surface area (Å²) < 4.78 is 6.67. The SMILES string of the molecule is COc1ccccc1[C@@H]1CC(c2cccs2)=NN1c1ccc(Br)cc1. The highest BCUT2D eigenvalue weighted by atomic mass is 79.9. The Morgan fingerprint density at radius 2 is 1.88 bits per heavy atom. The first-order chi connectivity index (χ1) is 12.3. The minimum atomic E-state index is 0.120. The molecule has 0 aliphatic carbocycles. The smallest absolute Gasteiger partial charge is 0.124 e. The molecule has 0 unspecified atom stereocenters. The molecule has 0 radical (unpaired) electrons. The number of rotatable bonds is 4. The fourth-order valence-corrected chi connectivity index (χ4v) is 4.10. The molecule has 5 heteroatoms. The van der Waals surface area contributed by atoms with E-state index in [9.17, 15) is 0 Å². The highest BCUT2D eigenvalue weighted by Crippen LogP contribution is 2.40. The third-order valence-electron chi connectivity index (χ3n) is 4.31. The molecule has 3 nitrogen and oxygen atoms in total. The minimum absolute atomic E-state index is 0.120. The van der Waals surface area contributed by atoms with Gasteiger partial charge in [-0.05, 0) is 41.8 Å². The van der Waals surface area contributed by atoms with E-state index in [-0.39, 0.29) is 6.04 Å². The molecule has 2 heterocycles. The van der Waals surface area contributed by atoms with Gasteiger partial charge in [0.25, 0.3) is 0 Å². The lowest BCUT2D eigenvalue weighted by molar-refractivity contribution is 0.405. The third-order valence-corrected chi connectivity index (χ3v) is 5.75. The summed E-state index contributed by atoms with van der Waals surface area (Å²) in [5, 5.41) is 9.16. The Balaban J connectivity index is 1.78. The first-order valence-electron chi connectivity index (χ1n) is 8.05. The second-order valence-corrected chi connectivity index (χ2v) is 7.67. The van der Waals surface area contributed by atoms with Crippen molar-refractivity contribution in [2.24, 2.45) is 5.10 Å². The summed E-state index contributed by atoms with van der Waals surface area (Å²) in [6, 6.07) is 20.8. The fraction of sp³-hybridized carbons (Fsp3) is 0.150. The van der Waals surface area contributed by atoms with E-state index < -0.39 is 0 Å². The average Bonchev–Trinajstić information content (AvgIpc) is 3.32. The Bertz CT molecular complexity index is 890. The van der Waals surface area contributed by atoms with E-state index in [4.69, 9.17) is 9.84 Å². The van der Waals surface area contributed by atoms with Crippen LogP contribution < -0.4 is 9.75 Å². The van der Waals surface area contributed by atoms with Crippen LogP contribution in [0, 0.1) is 0 Å². The zero-order chi connectivity index (χ0) is 17.2. The van der Waals surface area contributed by atoms with Gasteiger partial charge in [-0.2, -0.15) is 5.10 Å². The Labute approximate surface area is 159 Å². The van der Waals surface area contributed by atoms with Crippen molar-refractivity contribution in [3.63, 3.8) is 0 Å². The summed E-state index contributed by atoms with van der Waals surface area (Å²) in [7, 11) is 1.72. The highest BCUT2D eigenvalue weighted by Gasteiger charge is 2.32. The number of halogens is 1. The second-order valence-electron chi connectivity index (χ2n) is 5.81. The number of anilines is 1. The van der Waals surface area contributed by atoms with Gasteiger partial charge in [0.15, 0.2) is 0 Å². The number of methoxy groups -OCH3 is 1. The van der Waals surface area contributed by atoms with Gasteiger partial charge >= 0.3 is 0 Å². The van der Waals surface area contributed by atoms with Crippen LogP contribution in [0.4, 0.5) is 5.69 Å². The van der Waals surface area contributed by atoms with Crippen molar-refractivity contribution in [1.82, 2.24) is 0 Å². The summed E-state index contributed by atoms with van der Waals surface area (Å²) in [6.07, 6.45) is 0.858. The zero-order valence-corrected chi connectivity index (χ0v) is 16.1. The predicted molar refractivity (Wildman–Crippen MR) is 108 cm³/mol. The summed E-state index contributed by atoms with van der Waals surface area (Å²) in [6.45, 7) is 0. The van der Waals surface area contributed by atoms with E-state index in [1.165, 1.54) is 4.88 Å². The van der Waals surface area contributed by atoms with Gasteiger partial charge in [0, 0.05) is 16.5 Å². The lowest BCUT2D eigenvalue weighted by atomic mass is 10.00. The van der Waals surface area contributed by atoms with Gasteiger partial charge in [-0.3, -0.25) is 5.01 Å². The van der Waals surface area contributed by atoms with Crippen LogP contribution in [0.2, 0.25) is 0 Å². The van der Waals surface area contributed by atoms with Gasteiger partial charge in [0.2, 0.25) is 0 Å². The van der Waals surface area contributed by atoms with E-state index >= 15 is 0 Å². The van der Waals surface area contributed by atoms with Crippen molar-refractivity contribution in [2.45, 2.75) is 12.5 Å². The summed E-state index contributed by atoms with van der Waals surface area (Å²) in [5.74, 6) is 0.900. The first-order valence-corrected chi connectivity index (χ1v) is 9.72. The molecule has 2 aromatic carbocycles. The summed E-state index contributed by atoms with van der Waals surface area (Å²) >= 11 is 5.24. The van der Waals surface area contributed by atoms with Crippen LogP contribution in [0.15, 0.2) is 75.6 Å². The van der Waals surface area contributed by atoms with Crippen LogP contribution in [0.5, 0.6) is 5.75 Å². The van der Waals surface area contributed by atoms with Crippen molar-refractivity contribution in [3.05, 3.63) is 81.0 Å². The minimum Gasteiger partial charge on any atom is -0.496 e. The average molecular weight is 413 g/mol. The maximum Gasteiger partial charge on any atom is 0.124 e. The Kier molecular flexibility index (Phi) is 4.59.